The molecule has 0 fully saturated rings. The Labute approximate surface area is 160 Å². The summed E-state index contributed by atoms with van der Waals surface area (Å²) in [5.74, 6) is 2.25. The number of nitrogens with one attached hydrogen (secondary N) is 2. The number of benzene rings is 2. The minimum atomic E-state index is 1.05. The third kappa shape index (κ3) is 4.38. The molecular formula is C23H28N4. The first-order chi connectivity index (χ1) is 13.3. The molecule has 0 unspecified atom stereocenters. The summed E-state index contributed by atoms with van der Waals surface area (Å²) in [4.78, 5) is 16.3. The molecule has 0 aliphatic heterocycles. The zero-order valence-electron chi connectivity index (χ0n) is 16.1. The number of hydrogen-bond donors (Lipinski definition) is 2. The molecule has 4 rings (SSSR count). The number of H-pyrrole nitrogens is 2. The molecule has 27 heavy (non-hydrogen) atoms. The molecular weight excluding hydrogens is 332 g/mol. The number of unbranched alkanes of at least 4 members (excludes halogenated alkanes) is 5. The molecule has 0 aliphatic carbocycles. The van der Waals surface area contributed by atoms with E-state index in [1.807, 2.05) is 6.07 Å². The first-order valence-electron chi connectivity index (χ1n) is 10.2. The summed E-state index contributed by atoms with van der Waals surface area (Å²) in [5, 5.41) is 0. The van der Waals surface area contributed by atoms with Crippen molar-refractivity contribution in [1.29, 1.82) is 0 Å². The second-order valence-corrected chi connectivity index (χ2v) is 7.48. The average Bonchev–Trinajstić information content (AvgIpc) is 3.28. The van der Waals surface area contributed by atoms with Crippen molar-refractivity contribution in [3.05, 3.63) is 59.7 Å². The van der Waals surface area contributed by atoms with Gasteiger partial charge in [0.1, 0.15) is 11.6 Å². The number of hydrogen-bond acceptors (Lipinski definition) is 2. The standard InChI is InChI=1S/C23H28N4/c1-17-11-10-14-20-23(17)27-22(26-20)16-7-5-3-2-4-6-15-21-24-18-12-8-9-13-19(18)25-21/h8-14H,2-7,15-16H2,1H3,(H,24,25)(H,26,27). The Morgan fingerprint density at radius 1 is 0.667 bits per heavy atom. The zero-order chi connectivity index (χ0) is 18.5. The Morgan fingerprint density at radius 2 is 1.30 bits per heavy atom. The van der Waals surface area contributed by atoms with Gasteiger partial charge in [-0.15, -0.1) is 0 Å². The summed E-state index contributed by atoms with van der Waals surface area (Å²) in [5.41, 5.74) is 5.76. The molecule has 0 atom stereocenters. The average molecular weight is 361 g/mol. The van der Waals surface area contributed by atoms with Crippen LogP contribution in [0.15, 0.2) is 42.5 Å². The van der Waals surface area contributed by atoms with Crippen LogP contribution in [0.25, 0.3) is 22.1 Å². The van der Waals surface area contributed by atoms with Crippen molar-refractivity contribution in [3.63, 3.8) is 0 Å². The van der Waals surface area contributed by atoms with Gasteiger partial charge in [0.05, 0.1) is 22.1 Å². The summed E-state index contributed by atoms with van der Waals surface area (Å²) < 4.78 is 0. The van der Waals surface area contributed by atoms with E-state index in [2.05, 4.69) is 58.3 Å². The summed E-state index contributed by atoms with van der Waals surface area (Å²) in [6, 6.07) is 14.6. The van der Waals surface area contributed by atoms with Crippen molar-refractivity contribution < 1.29 is 0 Å². The normalized spacial score (nSPS) is 11.6. The van der Waals surface area contributed by atoms with E-state index in [1.54, 1.807) is 0 Å². The molecule has 4 heteroatoms. The molecule has 2 aromatic carbocycles. The molecule has 0 spiro atoms. The summed E-state index contributed by atoms with van der Waals surface area (Å²) in [6.07, 6.45) is 9.69. The smallest absolute Gasteiger partial charge is 0.107 e. The predicted molar refractivity (Wildman–Crippen MR) is 112 cm³/mol. The van der Waals surface area contributed by atoms with E-state index in [4.69, 9.17) is 4.98 Å². The van der Waals surface area contributed by atoms with Crippen LogP contribution in [-0.4, -0.2) is 19.9 Å². The van der Waals surface area contributed by atoms with Crippen LogP contribution in [0.5, 0.6) is 0 Å². The van der Waals surface area contributed by atoms with Crippen LogP contribution in [-0.2, 0) is 12.8 Å². The van der Waals surface area contributed by atoms with Gasteiger partial charge < -0.3 is 9.97 Å². The maximum Gasteiger partial charge on any atom is 0.107 e. The van der Waals surface area contributed by atoms with Crippen molar-refractivity contribution >= 4 is 22.1 Å². The van der Waals surface area contributed by atoms with E-state index in [0.717, 1.165) is 46.6 Å². The largest absolute Gasteiger partial charge is 0.342 e. The molecule has 0 saturated heterocycles. The Bertz CT molecular complexity index is 979. The highest BCUT2D eigenvalue weighted by atomic mass is 14.9. The molecule has 2 N–H and O–H groups in total. The van der Waals surface area contributed by atoms with E-state index in [-0.39, 0.29) is 0 Å². The topological polar surface area (TPSA) is 57.4 Å². The van der Waals surface area contributed by atoms with E-state index >= 15 is 0 Å². The van der Waals surface area contributed by atoms with Gasteiger partial charge >= 0.3 is 0 Å². The molecule has 0 bridgehead atoms. The first kappa shape index (κ1) is 17.8. The van der Waals surface area contributed by atoms with Crippen LogP contribution < -0.4 is 0 Å². The lowest BCUT2D eigenvalue weighted by molar-refractivity contribution is 0.586. The van der Waals surface area contributed by atoms with Crippen molar-refractivity contribution in [3.8, 4) is 0 Å². The molecule has 2 heterocycles. The van der Waals surface area contributed by atoms with Crippen LogP contribution >= 0.6 is 0 Å². The lowest BCUT2D eigenvalue weighted by atomic mass is 10.1. The van der Waals surface area contributed by atoms with Gasteiger partial charge in [-0.05, 0) is 43.5 Å². The molecule has 0 saturated carbocycles. The summed E-state index contributed by atoms with van der Waals surface area (Å²) in [6.45, 7) is 2.12. The van der Waals surface area contributed by atoms with Crippen LogP contribution in [0.2, 0.25) is 0 Å². The first-order valence-corrected chi connectivity index (χ1v) is 10.2. The lowest BCUT2D eigenvalue weighted by Gasteiger charge is -2.01. The maximum atomic E-state index is 4.75. The summed E-state index contributed by atoms with van der Waals surface area (Å²) >= 11 is 0. The molecule has 4 aromatic rings. The van der Waals surface area contributed by atoms with E-state index in [1.165, 1.54) is 44.1 Å². The number of aryl methyl sites for hydroxylation is 3. The monoisotopic (exact) mass is 360 g/mol. The Morgan fingerprint density at radius 3 is 2.04 bits per heavy atom. The van der Waals surface area contributed by atoms with E-state index in [0.29, 0.717) is 0 Å². The molecule has 2 aromatic heterocycles. The Balaban J connectivity index is 1.12. The molecule has 0 amide bonds. The van der Waals surface area contributed by atoms with E-state index in [9.17, 15) is 0 Å². The van der Waals surface area contributed by atoms with Crippen LogP contribution in [0, 0.1) is 6.92 Å². The Hall–Kier alpha value is -2.62. The van der Waals surface area contributed by atoms with Crippen LogP contribution in [0.4, 0.5) is 0 Å². The van der Waals surface area contributed by atoms with Gasteiger partial charge in [0.2, 0.25) is 0 Å². The van der Waals surface area contributed by atoms with Crippen molar-refractivity contribution in [2.75, 3.05) is 0 Å². The fraction of sp³-hybridized carbons (Fsp3) is 0.391. The van der Waals surface area contributed by atoms with Gasteiger partial charge in [0, 0.05) is 12.8 Å². The molecule has 0 radical (unpaired) electrons. The fourth-order valence-corrected chi connectivity index (χ4v) is 3.76. The minimum Gasteiger partial charge on any atom is -0.342 e. The van der Waals surface area contributed by atoms with Crippen LogP contribution in [0.1, 0.15) is 55.7 Å². The van der Waals surface area contributed by atoms with Crippen molar-refractivity contribution in [2.45, 2.75) is 58.3 Å². The predicted octanol–water partition coefficient (Wildman–Crippen LogP) is 5.87. The second-order valence-electron chi connectivity index (χ2n) is 7.48. The summed E-state index contributed by atoms with van der Waals surface area (Å²) in [7, 11) is 0. The fourth-order valence-electron chi connectivity index (χ4n) is 3.76. The van der Waals surface area contributed by atoms with Crippen LogP contribution in [0.3, 0.4) is 0 Å². The molecule has 0 aliphatic rings. The van der Waals surface area contributed by atoms with Crippen molar-refractivity contribution in [1.82, 2.24) is 19.9 Å². The number of aromatic nitrogens is 4. The van der Waals surface area contributed by atoms with E-state index < -0.39 is 0 Å². The molecule has 4 nitrogen and oxygen atoms in total. The quantitative estimate of drug-likeness (QED) is 0.367. The Kier molecular flexibility index (Phi) is 5.52. The number of imidazole rings is 2. The molecule has 140 valence electrons. The van der Waals surface area contributed by atoms with Gasteiger partial charge in [-0.1, -0.05) is 49.9 Å². The number of para-hydroxylation sites is 3. The van der Waals surface area contributed by atoms with Gasteiger partial charge in [-0.25, -0.2) is 9.97 Å². The second kappa shape index (κ2) is 8.38. The number of aromatic amines is 2. The van der Waals surface area contributed by atoms with Gasteiger partial charge in [-0.2, -0.15) is 0 Å². The highest BCUT2D eigenvalue weighted by Gasteiger charge is 2.05. The maximum absolute atomic E-state index is 4.75. The highest BCUT2D eigenvalue weighted by molar-refractivity contribution is 5.78. The van der Waals surface area contributed by atoms with Gasteiger partial charge in [0.25, 0.3) is 0 Å². The number of nitrogens with zero attached hydrogens (tertiary/aromatic N) is 2. The minimum absolute atomic E-state index is 1.05. The zero-order valence-corrected chi connectivity index (χ0v) is 16.1. The number of fused-ring (bicyclic) bond motifs is 2. The highest BCUT2D eigenvalue weighted by Crippen LogP contribution is 2.17. The third-order valence-electron chi connectivity index (χ3n) is 5.28. The van der Waals surface area contributed by atoms with Gasteiger partial charge in [-0.3, -0.25) is 0 Å². The number of rotatable bonds is 9. The van der Waals surface area contributed by atoms with Gasteiger partial charge in [0.15, 0.2) is 0 Å². The SMILES string of the molecule is Cc1cccc2[nH]c(CCCCCCCCc3nc4ccccc4[nH]3)nc12. The lowest BCUT2D eigenvalue weighted by Crippen LogP contribution is -1.90. The van der Waals surface area contributed by atoms with Crippen molar-refractivity contribution in [2.24, 2.45) is 0 Å². The third-order valence-corrected chi connectivity index (χ3v) is 5.28.